The Kier molecular flexibility index (Phi) is 5.13. The summed E-state index contributed by atoms with van der Waals surface area (Å²) in [5.74, 6) is 0.711. The molecular formula is C11H18BrNS. The molecule has 0 aliphatic carbocycles. The van der Waals surface area contributed by atoms with E-state index in [0.29, 0.717) is 12.0 Å². The molecule has 0 aliphatic rings. The van der Waals surface area contributed by atoms with Gasteiger partial charge in [0.05, 0.1) is 3.79 Å². The molecule has 0 aliphatic heterocycles. The fourth-order valence-electron chi connectivity index (χ4n) is 1.53. The minimum atomic E-state index is 0.635. The Labute approximate surface area is 99.0 Å². The first-order valence-electron chi connectivity index (χ1n) is 5.11. The third-order valence-electron chi connectivity index (χ3n) is 2.41. The van der Waals surface area contributed by atoms with E-state index >= 15 is 0 Å². The van der Waals surface area contributed by atoms with Gasteiger partial charge in [0.25, 0.3) is 0 Å². The molecule has 3 heteroatoms. The van der Waals surface area contributed by atoms with Crippen LogP contribution in [0, 0.1) is 5.92 Å². The van der Waals surface area contributed by atoms with Gasteiger partial charge in [0.15, 0.2) is 0 Å². The van der Waals surface area contributed by atoms with Crippen molar-refractivity contribution in [3.05, 3.63) is 20.8 Å². The van der Waals surface area contributed by atoms with E-state index in [4.69, 9.17) is 0 Å². The number of hydrogen-bond acceptors (Lipinski definition) is 2. The van der Waals surface area contributed by atoms with E-state index in [9.17, 15) is 0 Å². The predicted octanol–water partition coefficient (Wildman–Crippen LogP) is 4.03. The van der Waals surface area contributed by atoms with Gasteiger partial charge in [0.2, 0.25) is 0 Å². The van der Waals surface area contributed by atoms with Crippen molar-refractivity contribution in [2.24, 2.45) is 5.92 Å². The second-order valence-corrected chi connectivity index (χ2v) is 6.39. The summed E-state index contributed by atoms with van der Waals surface area (Å²) < 4.78 is 1.21. The summed E-state index contributed by atoms with van der Waals surface area (Å²) in [6.07, 6.45) is 1.20. The van der Waals surface area contributed by atoms with Crippen LogP contribution in [-0.4, -0.2) is 6.04 Å². The van der Waals surface area contributed by atoms with Crippen molar-refractivity contribution >= 4 is 27.3 Å². The average Bonchev–Trinajstić information content (AvgIpc) is 2.52. The van der Waals surface area contributed by atoms with E-state index in [0.717, 1.165) is 6.54 Å². The third kappa shape index (κ3) is 3.71. The van der Waals surface area contributed by atoms with Crippen LogP contribution in [0.4, 0.5) is 0 Å². The summed E-state index contributed by atoms with van der Waals surface area (Å²) >= 11 is 5.28. The zero-order chi connectivity index (χ0) is 10.6. The van der Waals surface area contributed by atoms with Gasteiger partial charge in [-0.2, -0.15) is 0 Å². The molecule has 1 heterocycles. The van der Waals surface area contributed by atoms with Crippen LogP contribution in [0.3, 0.4) is 0 Å². The molecule has 1 aromatic rings. The van der Waals surface area contributed by atoms with Gasteiger partial charge < -0.3 is 5.32 Å². The Balaban J connectivity index is 2.39. The van der Waals surface area contributed by atoms with Gasteiger partial charge in [-0.3, -0.25) is 0 Å². The highest BCUT2D eigenvalue weighted by atomic mass is 79.9. The number of rotatable bonds is 5. The second-order valence-electron chi connectivity index (χ2n) is 3.85. The molecule has 0 saturated carbocycles. The summed E-state index contributed by atoms with van der Waals surface area (Å²) in [6.45, 7) is 7.77. The van der Waals surface area contributed by atoms with Gasteiger partial charge in [-0.15, -0.1) is 11.3 Å². The van der Waals surface area contributed by atoms with Gasteiger partial charge in [-0.1, -0.05) is 20.8 Å². The minimum Gasteiger partial charge on any atom is -0.309 e. The SMILES string of the molecule is CCC(NCc1ccc(Br)s1)C(C)C. The molecule has 0 saturated heterocycles. The first-order valence-corrected chi connectivity index (χ1v) is 6.72. The predicted molar refractivity (Wildman–Crippen MR) is 67.8 cm³/mol. The van der Waals surface area contributed by atoms with Gasteiger partial charge in [0.1, 0.15) is 0 Å². The van der Waals surface area contributed by atoms with Crippen molar-refractivity contribution in [1.82, 2.24) is 5.32 Å². The number of thiophene rings is 1. The molecule has 0 aromatic carbocycles. The molecule has 1 unspecified atom stereocenters. The smallest absolute Gasteiger partial charge is 0.0701 e. The van der Waals surface area contributed by atoms with Crippen LogP contribution in [0.5, 0.6) is 0 Å². The summed E-state index contributed by atoms with van der Waals surface area (Å²) in [4.78, 5) is 1.40. The van der Waals surface area contributed by atoms with E-state index in [-0.39, 0.29) is 0 Å². The monoisotopic (exact) mass is 275 g/mol. The van der Waals surface area contributed by atoms with Crippen molar-refractivity contribution in [1.29, 1.82) is 0 Å². The van der Waals surface area contributed by atoms with Crippen molar-refractivity contribution in [2.75, 3.05) is 0 Å². The van der Waals surface area contributed by atoms with E-state index in [1.54, 1.807) is 11.3 Å². The molecule has 14 heavy (non-hydrogen) atoms. The molecule has 1 aromatic heterocycles. The maximum absolute atomic E-state index is 3.59. The number of hydrogen-bond donors (Lipinski definition) is 1. The zero-order valence-corrected chi connectivity index (χ0v) is 11.4. The molecule has 0 radical (unpaired) electrons. The zero-order valence-electron chi connectivity index (χ0n) is 9.01. The molecule has 1 rings (SSSR count). The summed E-state index contributed by atoms with van der Waals surface area (Å²) in [5.41, 5.74) is 0. The standard InChI is InChI=1S/C11H18BrNS/c1-4-10(8(2)3)13-7-9-5-6-11(12)14-9/h5-6,8,10,13H,4,7H2,1-3H3. The molecule has 0 bridgehead atoms. The lowest BCUT2D eigenvalue weighted by molar-refractivity contribution is 0.389. The van der Waals surface area contributed by atoms with E-state index in [1.165, 1.54) is 15.1 Å². The van der Waals surface area contributed by atoms with Crippen LogP contribution < -0.4 is 5.32 Å². The van der Waals surface area contributed by atoms with E-state index in [1.807, 2.05) is 0 Å². The van der Waals surface area contributed by atoms with Crippen LogP contribution in [-0.2, 0) is 6.54 Å². The molecule has 1 nitrogen and oxygen atoms in total. The highest BCUT2D eigenvalue weighted by molar-refractivity contribution is 9.11. The lowest BCUT2D eigenvalue weighted by Gasteiger charge is -2.20. The summed E-state index contributed by atoms with van der Waals surface area (Å²) in [5, 5.41) is 3.59. The highest BCUT2D eigenvalue weighted by Gasteiger charge is 2.10. The number of nitrogens with one attached hydrogen (secondary N) is 1. The summed E-state index contributed by atoms with van der Waals surface area (Å²) in [6, 6.07) is 4.92. The summed E-state index contributed by atoms with van der Waals surface area (Å²) in [7, 11) is 0. The largest absolute Gasteiger partial charge is 0.309 e. The van der Waals surface area contributed by atoms with Crippen LogP contribution >= 0.6 is 27.3 Å². The Morgan fingerprint density at radius 1 is 1.43 bits per heavy atom. The van der Waals surface area contributed by atoms with Gasteiger partial charge >= 0.3 is 0 Å². The van der Waals surface area contributed by atoms with E-state index < -0.39 is 0 Å². The molecule has 0 spiro atoms. The fraction of sp³-hybridized carbons (Fsp3) is 0.636. The van der Waals surface area contributed by atoms with Crippen LogP contribution in [0.15, 0.2) is 15.9 Å². The third-order valence-corrected chi connectivity index (χ3v) is 4.04. The molecular weight excluding hydrogens is 258 g/mol. The molecule has 0 amide bonds. The first-order chi connectivity index (χ1) is 6.63. The van der Waals surface area contributed by atoms with Gasteiger partial charge in [0, 0.05) is 17.5 Å². The lowest BCUT2D eigenvalue weighted by atomic mass is 10.0. The molecule has 1 N–H and O–H groups in total. The quantitative estimate of drug-likeness (QED) is 0.856. The lowest BCUT2D eigenvalue weighted by Crippen LogP contribution is -2.32. The maximum atomic E-state index is 3.59. The van der Waals surface area contributed by atoms with Crippen molar-refractivity contribution in [2.45, 2.75) is 39.8 Å². The number of halogens is 1. The highest BCUT2D eigenvalue weighted by Crippen LogP contribution is 2.22. The van der Waals surface area contributed by atoms with Crippen molar-refractivity contribution in [3.63, 3.8) is 0 Å². The van der Waals surface area contributed by atoms with Gasteiger partial charge in [-0.25, -0.2) is 0 Å². The Morgan fingerprint density at radius 3 is 2.57 bits per heavy atom. The Morgan fingerprint density at radius 2 is 2.14 bits per heavy atom. The molecule has 80 valence electrons. The maximum Gasteiger partial charge on any atom is 0.0701 e. The van der Waals surface area contributed by atoms with Crippen molar-refractivity contribution in [3.8, 4) is 0 Å². The minimum absolute atomic E-state index is 0.635. The molecule has 1 atom stereocenters. The van der Waals surface area contributed by atoms with Crippen LogP contribution in [0.25, 0.3) is 0 Å². The van der Waals surface area contributed by atoms with Crippen molar-refractivity contribution < 1.29 is 0 Å². The Hall–Kier alpha value is 0.140. The molecule has 0 fully saturated rings. The van der Waals surface area contributed by atoms with Crippen LogP contribution in [0.2, 0.25) is 0 Å². The fourth-order valence-corrected chi connectivity index (χ4v) is 2.96. The Bertz CT molecular complexity index is 270. The second kappa shape index (κ2) is 5.89. The topological polar surface area (TPSA) is 12.0 Å². The first kappa shape index (κ1) is 12.2. The van der Waals surface area contributed by atoms with E-state index in [2.05, 4.69) is 54.2 Å². The average molecular weight is 276 g/mol. The van der Waals surface area contributed by atoms with Crippen LogP contribution in [0.1, 0.15) is 32.1 Å². The normalized spacial score (nSPS) is 13.5. The van der Waals surface area contributed by atoms with Gasteiger partial charge in [-0.05, 0) is 40.4 Å².